The molecule has 0 aliphatic heterocycles. The normalized spacial score (nSPS) is 14.4. The van der Waals surface area contributed by atoms with Crippen molar-refractivity contribution in [1.82, 2.24) is 15.5 Å². The zero-order valence-corrected chi connectivity index (χ0v) is 10.7. The van der Waals surface area contributed by atoms with Crippen molar-refractivity contribution in [3.63, 3.8) is 0 Å². The van der Waals surface area contributed by atoms with E-state index in [1.165, 1.54) is 0 Å². The zero-order chi connectivity index (χ0) is 13.2. The van der Waals surface area contributed by atoms with Crippen LogP contribution in [0.15, 0.2) is 28.7 Å². The van der Waals surface area contributed by atoms with E-state index in [1.807, 2.05) is 31.2 Å². The summed E-state index contributed by atoms with van der Waals surface area (Å²) in [5.74, 6) is 1.20. The van der Waals surface area contributed by atoms with Crippen LogP contribution in [0.25, 0.3) is 11.5 Å². The number of hydrogen-bond acceptors (Lipinski definition) is 4. The first-order chi connectivity index (χ1) is 9.24. The summed E-state index contributed by atoms with van der Waals surface area (Å²) in [7, 11) is 0. The number of aryl methyl sites for hydroxylation is 1. The maximum absolute atomic E-state index is 11.5. The summed E-state index contributed by atoms with van der Waals surface area (Å²) in [6.45, 7) is 2.29. The van der Waals surface area contributed by atoms with Gasteiger partial charge >= 0.3 is 0 Å². The lowest BCUT2D eigenvalue weighted by atomic mass is 10.1. The average Bonchev–Trinajstić information content (AvgIpc) is 3.16. The van der Waals surface area contributed by atoms with Gasteiger partial charge < -0.3 is 9.73 Å². The summed E-state index contributed by atoms with van der Waals surface area (Å²) in [4.78, 5) is 11.5. The van der Waals surface area contributed by atoms with Gasteiger partial charge in [0.1, 0.15) is 0 Å². The highest BCUT2D eigenvalue weighted by Crippen LogP contribution is 2.28. The van der Waals surface area contributed by atoms with Crippen LogP contribution in [-0.4, -0.2) is 16.1 Å². The number of rotatable bonds is 4. The van der Waals surface area contributed by atoms with Crippen LogP contribution < -0.4 is 5.32 Å². The molecule has 0 atom stereocenters. The van der Waals surface area contributed by atoms with Crippen LogP contribution in [0.4, 0.5) is 0 Å². The van der Waals surface area contributed by atoms with Crippen LogP contribution >= 0.6 is 0 Å². The first-order valence-electron chi connectivity index (χ1n) is 6.40. The van der Waals surface area contributed by atoms with Gasteiger partial charge in [0, 0.05) is 11.5 Å². The number of hydrogen-bond donors (Lipinski definition) is 1. The van der Waals surface area contributed by atoms with Crippen molar-refractivity contribution in [2.75, 3.05) is 0 Å². The molecule has 0 saturated heterocycles. The van der Waals surface area contributed by atoms with Gasteiger partial charge in [-0.1, -0.05) is 18.2 Å². The minimum absolute atomic E-state index is 0.0793. The highest BCUT2D eigenvalue weighted by Gasteiger charge is 2.29. The molecule has 1 fully saturated rings. The number of benzene rings is 1. The summed E-state index contributed by atoms with van der Waals surface area (Å²) < 4.78 is 5.56. The maximum atomic E-state index is 11.5. The van der Waals surface area contributed by atoms with Crippen LogP contribution in [0.1, 0.15) is 24.3 Å². The average molecular weight is 257 g/mol. The quantitative estimate of drug-likeness (QED) is 0.910. The lowest BCUT2D eigenvalue weighted by Crippen LogP contribution is -2.24. The highest BCUT2D eigenvalue weighted by atomic mass is 16.4. The Morgan fingerprint density at radius 2 is 2.16 bits per heavy atom. The Bertz CT molecular complexity index is 602. The second kappa shape index (κ2) is 4.84. The SMILES string of the molecule is Cc1ccccc1-c1nnc(CNC(=O)C2CC2)o1. The van der Waals surface area contributed by atoms with Gasteiger partial charge in [0.05, 0.1) is 6.54 Å². The van der Waals surface area contributed by atoms with Gasteiger partial charge in [0.25, 0.3) is 0 Å². The number of carbonyl (C=O) groups is 1. The minimum atomic E-state index is 0.0793. The van der Waals surface area contributed by atoms with Gasteiger partial charge in [0.15, 0.2) is 0 Å². The Balaban J connectivity index is 1.69. The molecule has 1 N–H and O–H groups in total. The predicted octanol–water partition coefficient (Wildman–Crippen LogP) is 2.07. The molecule has 0 spiro atoms. The molecule has 0 unspecified atom stereocenters. The third-order valence-corrected chi connectivity index (χ3v) is 3.20. The van der Waals surface area contributed by atoms with E-state index in [4.69, 9.17) is 4.42 Å². The Morgan fingerprint density at radius 1 is 1.37 bits per heavy atom. The van der Waals surface area contributed by atoms with Crippen molar-refractivity contribution in [3.8, 4) is 11.5 Å². The molecule has 98 valence electrons. The first-order valence-corrected chi connectivity index (χ1v) is 6.40. The van der Waals surface area contributed by atoms with Crippen LogP contribution in [0.2, 0.25) is 0 Å². The van der Waals surface area contributed by atoms with Crippen molar-refractivity contribution < 1.29 is 9.21 Å². The number of nitrogens with zero attached hydrogens (tertiary/aromatic N) is 2. The van der Waals surface area contributed by atoms with Crippen LogP contribution in [0, 0.1) is 12.8 Å². The fourth-order valence-electron chi connectivity index (χ4n) is 1.90. The number of amides is 1. The van der Waals surface area contributed by atoms with Gasteiger partial charge in [-0.25, -0.2) is 0 Å². The van der Waals surface area contributed by atoms with Crippen LogP contribution in [0.3, 0.4) is 0 Å². The maximum Gasteiger partial charge on any atom is 0.248 e. The number of aromatic nitrogens is 2. The monoisotopic (exact) mass is 257 g/mol. The molecule has 1 heterocycles. The molecule has 1 aliphatic rings. The Kier molecular flexibility index (Phi) is 3.03. The molecule has 0 bridgehead atoms. The molecule has 5 heteroatoms. The van der Waals surface area contributed by atoms with E-state index in [1.54, 1.807) is 0 Å². The Hall–Kier alpha value is -2.17. The van der Waals surface area contributed by atoms with Crippen molar-refractivity contribution in [2.45, 2.75) is 26.3 Å². The van der Waals surface area contributed by atoms with Gasteiger partial charge in [-0.15, -0.1) is 10.2 Å². The van der Waals surface area contributed by atoms with Crippen molar-refractivity contribution in [1.29, 1.82) is 0 Å². The molecular weight excluding hydrogens is 242 g/mol. The van der Waals surface area contributed by atoms with E-state index >= 15 is 0 Å². The molecule has 1 amide bonds. The summed E-state index contributed by atoms with van der Waals surface area (Å²) in [6.07, 6.45) is 1.98. The van der Waals surface area contributed by atoms with E-state index in [2.05, 4.69) is 15.5 Å². The number of carbonyl (C=O) groups excluding carboxylic acids is 1. The van der Waals surface area contributed by atoms with E-state index < -0.39 is 0 Å². The molecule has 1 saturated carbocycles. The summed E-state index contributed by atoms with van der Waals surface area (Å²) >= 11 is 0. The van der Waals surface area contributed by atoms with E-state index in [9.17, 15) is 4.79 Å². The molecule has 1 aromatic heterocycles. The second-order valence-corrected chi connectivity index (χ2v) is 4.81. The third-order valence-electron chi connectivity index (χ3n) is 3.20. The lowest BCUT2D eigenvalue weighted by Gasteiger charge is -2.00. The molecule has 3 rings (SSSR count). The zero-order valence-electron chi connectivity index (χ0n) is 10.7. The molecular formula is C14H15N3O2. The molecule has 5 nitrogen and oxygen atoms in total. The first kappa shape index (κ1) is 11.9. The van der Waals surface area contributed by atoms with E-state index in [0.29, 0.717) is 18.3 Å². The predicted molar refractivity (Wildman–Crippen MR) is 69.0 cm³/mol. The van der Waals surface area contributed by atoms with Crippen molar-refractivity contribution in [2.24, 2.45) is 5.92 Å². The van der Waals surface area contributed by atoms with Crippen molar-refractivity contribution in [3.05, 3.63) is 35.7 Å². The highest BCUT2D eigenvalue weighted by molar-refractivity contribution is 5.80. The molecule has 2 aromatic rings. The fourth-order valence-corrected chi connectivity index (χ4v) is 1.90. The van der Waals surface area contributed by atoms with Gasteiger partial charge in [-0.3, -0.25) is 4.79 Å². The topological polar surface area (TPSA) is 68.0 Å². The van der Waals surface area contributed by atoms with E-state index in [-0.39, 0.29) is 11.8 Å². The second-order valence-electron chi connectivity index (χ2n) is 4.81. The molecule has 1 aliphatic carbocycles. The molecule has 19 heavy (non-hydrogen) atoms. The van der Waals surface area contributed by atoms with Crippen LogP contribution in [0.5, 0.6) is 0 Å². The standard InChI is InChI=1S/C14H15N3O2/c1-9-4-2-3-5-11(9)14-17-16-12(19-14)8-15-13(18)10-6-7-10/h2-5,10H,6-8H2,1H3,(H,15,18). The molecule has 0 radical (unpaired) electrons. The van der Waals surface area contributed by atoms with Crippen LogP contribution in [-0.2, 0) is 11.3 Å². The summed E-state index contributed by atoms with van der Waals surface area (Å²) in [5, 5.41) is 10.8. The summed E-state index contributed by atoms with van der Waals surface area (Å²) in [5.41, 5.74) is 2.01. The Labute approximate surface area is 111 Å². The number of nitrogens with one attached hydrogen (secondary N) is 1. The lowest BCUT2D eigenvalue weighted by molar-refractivity contribution is -0.122. The van der Waals surface area contributed by atoms with Gasteiger partial charge in [-0.05, 0) is 31.4 Å². The fraction of sp³-hybridized carbons (Fsp3) is 0.357. The molecule has 1 aromatic carbocycles. The van der Waals surface area contributed by atoms with Crippen molar-refractivity contribution >= 4 is 5.91 Å². The van der Waals surface area contributed by atoms with E-state index in [0.717, 1.165) is 24.0 Å². The summed E-state index contributed by atoms with van der Waals surface area (Å²) in [6, 6.07) is 7.83. The van der Waals surface area contributed by atoms with Gasteiger partial charge in [0.2, 0.25) is 17.7 Å². The smallest absolute Gasteiger partial charge is 0.248 e. The minimum Gasteiger partial charge on any atom is -0.419 e. The van der Waals surface area contributed by atoms with Gasteiger partial charge in [-0.2, -0.15) is 0 Å². The largest absolute Gasteiger partial charge is 0.419 e. The third kappa shape index (κ3) is 2.65. The Morgan fingerprint density at radius 3 is 2.89 bits per heavy atom.